The maximum Gasteiger partial charge on any atom is 0.248 e. The number of para-hydroxylation sites is 1. The van der Waals surface area contributed by atoms with Gasteiger partial charge in [0.2, 0.25) is 11.8 Å². The maximum atomic E-state index is 12.1. The monoisotopic (exact) mass is 319 g/mol. The van der Waals surface area contributed by atoms with Crippen LogP contribution in [-0.4, -0.2) is 47.9 Å². The van der Waals surface area contributed by atoms with Gasteiger partial charge in [0.25, 0.3) is 0 Å². The zero-order valence-corrected chi connectivity index (χ0v) is 12.9. The van der Waals surface area contributed by atoms with Crippen LogP contribution >= 0.6 is 11.3 Å². The first-order valence-electron chi connectivity index (χ1n) is 7.19. The van der Waals surface area contributed by atoms with Gasteiger partial charge in [-0.3, -0.25) is 9.59 Å². The standard InChI is InChI=1S/C15H17N3O3S/c19-13-5-7-18(8-6-16-13)15(20)10-21-9-14-17-11-3-1-2-4-12(11)22-14/h1-4H,5-10H2,(H,16,19). The molecule has 7 heteroatoms. The summed E-state index contributed by atoms with van der Waals surface area (Å²) in [4.78, 5) is 29.4. The van der Waals surface area contributed by atoms with Crippen LogP contribution in [0.5, 0.6) is 0 Å². The first-order valence-corrected chi connectivity index (χ1v) is 8.01. The number of thiazole rings is 1. The van der Waals surface area contributed by atoms with E-state index < -0.39 is 0 Å². The minimum absolute atomic E-state index is 0.00862. The highest BCUT2D eigenvalue weighted by molar-refractivity contribution is 7.18. The summed E-state index contributed by atoms with van der Waals surface area (Å²) in [5, 5.41) is 3.61. The van der Waals surface area contributed by atoms with Gasteiger partial charge in [-0.1, -0.05) is 12.1 Å². The van der Waals surface area contributed by atoms with Crippen LogP contribution in [-0.2, 0) is 20.9 Å². The molecule has 6 nitrogen and oxygen atoms in total. The molecule has 116 valence electrons. The van der Waals surface area contributed by atoms with Crippen molar-refractivity contribution in [2.75, 3.05) is 26.2 Å². The summed E-state index contributed by atoms with van der Waals surface area (Å²) in [6.45, 7) is 1.84. The van der Waals surface area contributed by atoms with Gasteiger partial charge in [-0.05, 0) is 12.1 Å². The largest absolute Gasteiger partial charge is 0.364 e. The average molecular weight is 319 g/mol. The number of benzene rings is 1. The average Bonchev–Trinajstić information content (AvgIpc) is 2.80. The quantitative estimate of drug-likeness (QED) is 0.918. The van der Waals surface area contributed by atoms with Crippen molar-refractivity contribution in [3.8, 4) is 0 Å². The highest BCUT2D eigenvalue weighted by Gasteiger charge is 2.18. The van der Waals surface area contributed by atoms with Crippen LogP contribution in [0.25, 0.3) is 10.2 Å². The number of fused-ring (bicyclic) bond motifs is 1. The molecule has 1 aromatic carbocycles. The molecule has 2 aromatic rings. The second-order valence-electron chi connectivity index (χ2n) is 5.05. The van der Waals surface area contributed by atoms with E-state index >= 15 is 0 Å². The second-order valence-corrected chi connectivity index (χ2v) is 6.16. The molecule has 1 saturated heterocycles. The van der Waals surface area contributed by atoms with Crippen LogP contribution in [0.1, 0.15) is 11.4 Å². The van der Waals surface area contributed by atoms with Crippen LogP contribution in [0.4, 0.5) is 0 Å². The van der Waals surface area contributed by atoms with Crippen LogP contribution < -0.4 is 5.32 Å². The zero-order valence-electron chi connectivity index (χ0n) is 12.1. The van der Waals surface area contributed by atoms with Crippen molar-refractivity contribution in [3.05, 3.63) is 29.3 Å². The SMILES string of the molecule is O=C1CCN(C(=O)COCc2nc3ccccc3s2)CCN1. The first kappa shape index (κ1) is 14.9. The van der Waals surface area contributed by atoms with Gasteiger partial charge in [0.1, 0.15) is 11.6 Å². The third-order valence-electron chi connectivity index (χ3n) is 3.45. The second kappa shape index (κ2) is 6.85. The molecule has 3 rings (SSSR count). The molecule has 1 aliphatic rings. The lowest BCUT2D eigenvalue weighted by molar-refractivity contribution is -0.136. The summed E-state index contributed by atoms with van der Waals surface area (Å²) < 4.78 is 6.60. The molecule has 2 heterocycles. The van der Waals surface area contributed by atoms with Crippen molar-refractivity contribution in [3.63, 3.8) is 0 Å². The molecule has 0 atom stereocenters. The van der Waals surface area contributed by atoms with Crippen LogP contribution in [0, 0.1) is 0 Å². The van der Waals surface area contributed by atoms with E-state index in [1.165, 1.54) is 0 Å². The Balaban J connectivity index is 1.49. The molecule has 1 aliphatic heterocycles. The van der Waals surface area contributed by atoms with Gasteiger partial charge in [0.15, 0.2) is 0 Å². The Labute approximate surface area is 132 Å². The topological polar surface area (TPSA) is 71.5 Å². The molecular formula is C15H17N3O3S. The Morgan fingerprint density at radius 3 is 3.09 bits per heavy atom. The fourth-order valence-electron chi connectivity index (χ4n) is 2.31. The molecule has 0 saturated carbocycles. The molecular weight excluding hydrogens is 302 g/mol. The Morgan fingerprint density at radius 2 is 2.23 bits per heavy atom. The maximum absolute atomic E-state index is 12.1. The molecule has 0 aliphatic carbocycles. The van der Waals surface area contributed by atoms with Crippen molar-refractivity contribution < 1.29 is 14.3 Å². The molecule has 1 fully saturated rings. The van der Waals surface area contributed by atoms with Crippen molar-refractivity contribution in [2.24, 2.45) is 0 Å². The fourth-order valence-corrected chi connectivity index (χ4v) is 3.22. The number of hydrogen-bond acceptors (Lipinski definition) is 5. The summed E-state index contributed by atoms with van der Waals surface area (Å²) in [6.07, 6.45) is 0.351. The number of carbonyl (C=O) groups excluding carboxylic acids is 2. The van der Waals surface area contributed by atoms with Gasteiger partial charge in [0, 0.05) is 26.1 Å². The molecule has 0 radical (unpaired) electrons. The number of hydrogen-bond donors (Lipinski definition) is 1. The molecule has 0 spiro atoms. The highest BCUT2D eigenvalue weighted by atomic mass is 32.1. The van der Waals surface area contributed by atoms with Crippen molar-refractivity contribution in [1.82, 2.24) is 15.2 Å². The summed E-state index contributed by atoms with van der Waals surface area (Å²) >= 11 is 1.57. The lowest BCUT2D eigenvalue weighted by Crippen LogP contribution is -2.36. The van der Waals surface area contributed by atoms with E-state index in [0.717, 1.165) is 15.2 Å². The third-order valence-corrected chi connectivity index (χ3v) is 4.46. The number of ether oxygens (including phenoxy) is 1. The van der Waals surface area contributed by atoms with E-state index in [0.29, 0.717) is 32.7 Å². The van der Waals surface area contributed by atoms with E-state index in [4.69, 9.17) is 4.74 Å². The van der Waals surface area contributed by atoms with E-state index in [9.17, 15) is 9.59 Å². The summed E-state index contributed by atoms with van der Waals surface area (Å²) in [5.74, 6) is -0.0942. The Hall–Kier alpha value is -1.99. The van der Waals surface area contributed by atoms with Crippen molar-refractivity contribution >= 4 is 33.4 Å². The van der Waals surface area contributed by atoms with Crippen LogP contribution in [0.2, 0.25) is 0 Å². The molecule has 0 unspecified atom stereocenters. The Bertz CT molecular complexity index is 652. The number of carbonyl (C=O) groups is 2. The fraction of sp³-hybridized carbons (Fsp3) is 0.400. The zero-order chi connectivity index (χ0) is 15.4. The molecule has 1 N–H and O–H groups in total. The number of nitrogens with zero attached hydrogens (tertiary/aromatic N) is 2. The third kappa shape index (κ3) is 3.61. The van der Waals surface area contributed by atoms with Gasteiger partial charge in [-0.25, -0.2) is 4.98 Å². The van der Waals surface area contributed by atoms with Crippen molar-refractivity contribution in [2.45, 2.75) is 13.0 Å². The van der Waals surface area contributed by atoms with E-state index in [1.807, 2.05) is 24.3 Å². The van der Waals surface area contributed by atoms with Gasteiger partial charge < -0.3 is 15.0 Å². The van der Waals surface area contributed by atoms with E-state index in [2.05, 4.69) is 10.3 Å². The van der Waals surface area contributed by atoms with Gasteiger partial charge >= 0.3 is 0 Å². The van der Waals surface area contributed by atoms with Gasteiger partial charge in [0.05, 0.1) is 16.8 Å². The lowest BCUT2D eigenvalue weighted by Gasteiger charge is -2.19. The van der Waals surface area contributed by atoms with Crippen LogP contribution in [0.3, 0.4) is 0 Å². The predicted molar refractivity (Wildman–Crippen MR) is 83.5 cm³/mol. The van der Waals surface area contributed by atoms with Gasteiger partial charge in [-0.15, -0.1) is 11.3 Å². The number of rotatable bonds is 4. The number of nitrogens with one attached hydrogen (secondary N) is 1. The number of amides is 2. The van der Waals surface area contributed by atoms with E-state index in [-0.39, 0.29) is 18.4 Å². The summed E-state index contributed by atoms with van der Waals surface area (Å²) in [7, 11) is 0. The Kier molecular flexibility index (Phi) is 4.65. The number of aromatic nitrogens is 1. The summed E-state index contributed by atoms with van der Waals surface area (Å²) in [6, 6.07) is 7.90. The van der Waals surface area contributed by atoms with Crippen molar-refractivity contribution in [1.29, 1.82) is 0 Å². The molecule has 22 heavy (non-hydrogen) atoms. The predicted octanol–water partition coefficient (Wildman–Crippen LogP) is 1.16. The highest BCUT2D eigenvalue weighted by Crippen LogP contribution is 2.21. The molecule has 2 amide bonds. The molecule has 0 bridgehead atoms. The molecule has 1 aromatic heterocycles. The van der Waals surface area contributed by atoms with Gasteiger partial charge in [-0.2, -0.15) is 0 Å². The van der Waals surface area contributed by atoms with Crippen LogP contribution in [0.15, 0.2) is 24.3 Å². The Morgan fingerprint density at radius 1 is 1.36 bits per heavy atom. The minimum atomic E-state index is -0.0855. The smallest absolute Gasteiger partial charge is 0.248 e. The summed E-state index contributed by atoms with van der Waals surface area (Å²) in [5.41, 5.74) is 0.953. The lowest BCUT2D eigenvalue weighted by atomic mass is 10.3. The normalized spacial score (nSPS) is 15.6. The van der Waals surface area contributed by atoms with E-state index in [1.54, 1.807) is 16.2 Å². The minimum Gasteiger partial charge on any atom is -0.364 e. The first-order chi connectivity index (χ1) is 10.7.